The van der Waals surface area contributed by atoms with E-state index < -0.39 is 10.0 Å². The van der Waals surface area contributed by atoms with Crippen molar-refractivity contribution in [1.29, 1.82) is 0 Å². The van der Waals surface area contributed by atoms with Crippen LogP contribution in [0.25, 0.3) is 0 Å². The van der Waals surface area contributed by atoms with Gasteiger partial charge >= 0.3 is 0 Å². The minimum atomic E-state index is -3.30. The summed E-state index contributed by atoms with van der Waals surface area (Å²) in [5.41, 5.74) is 0.861. The van der Waals surface area contributed by atoms with Gasteiger partial charge < -0.3 is 4.74 Å². The lowest BCUT2D eigenvalue weighted by atomic mass is 10.2. The Morgan fingerprint density at radius 1 is 1.12 bits per heavy atom. The van der Waals surface area contributed by atoms with Gasteiger partial charge in [0, 0.05) is 38.0 Å². The zero-order valence-electron chi connectivity index (χ0n) is 14.0. The quantitative estimate of drug-likeness (QED) is 0.789. The van der Waals surface area contributed by atoms with Crippen molar-refractivity contribution in [3.05, 3.63) is 35.9 Å². The summed E-state index contributed by atoms with van der Waals surface area (Å²) in [7, 11) is -3.30. The van der Waals surface area contributed by atoms with Crippen LogP contribution < -0.4 is 0 Å². The molecule has 0 amide bonds. The van der Waals surface area contributed by atoms with E-state index in [2.05, 4.69) is 4.90 Å². The molecule has 3 rings (SSSR count). The van der Waals surface area contributed by atoms with Crippen LogP contribution in [0.2, 0.25) is 0 Å². The van der Waals surface area contributed by atoms with Gasteiger partial charge in [-0.1, -0.05) is 30.3 Å². The Labute approximate surface area is 149 Å². The summed E-state index contributed by atoms with van der Waals surface area (Å²) in [4.78, 5) is 2.34. The van der Waals surface area contributed by atoms with Crippen molar-refractivity contribution in [2.75, 3.05) is 50.9 Å². The van der Waals surface area contributed by atoms with Crippen LogP contribution in [-0.4, -0.2) is 74.6 Å². The predicted octanol–water partition coefficient (Wildman–Crippen LogP) is 1.66. The van der Waals surface area contributed by atoms with E-state index in [0.29, 0.717) is 6.54 Å². The fraction of sp³-hybridized carbons (Fsp3) is 0.647. The van der Waals surface area contributed by atoms with Crippen molar-refractivity contribution < 1.29 is 13.2 Å². The summed E-state index contributed by atoms with van der Waals surface area (Å²) in [6, 6.07) is 9.55. The smallest absolute Gasteiger partial charge is 0.218 e. The van der Waals surface area contributed by atoms with Gasteiger partial charge in [-0.15, -0.1) is 0 Å². The van der Waals surface area contributed by atoms with Gasteiger partial charge in [0.05, 0.1) is 19.0 Å². The third-order valence-electron chi connectivity index (χ3n) is 4.51. The van der Waals surface area contributed by atoms with Crippen LogP contribution in [0, 0.1) is 0 Å². The molecule has 1 aromatic rings. The van der Waals surface area contributed by atoms with Crippen molar-refractivity contribution in [2.45, 2.75) is 18.2 Å². The second-order valence-corrected chi connectivity index (χ2v) is 9.42. The molecule has 5 nitrogen and oxygen atoms in total. The monoisotopic (exact) mass is 370 g/mol. The van der Waals surface area contributed by atoms with Gasteiger partial charge in [-0.3, -0.25) is 4.90 Å². The molecule has 0 saturated carbocycles. The molecule has 7 heteroatoms. The molecule has 2 heterocycles. The Morgan fingerprint density at radius 2 is 1.88 bits per heavy atom. The van der Waals surface area contributed by atoms with Gasteiger partial charge in [-0.25, -0.2) is 8.42 Å². The Bertz CT molecular complexity index is 604. The van der Waals surface area contributed by atoms with Crippen molar-refractivity contribution in [2.24, 2.45) is 0 Å². The summed E-state index contributed by atoms with van der Waals surface area (Å²) in [6.45, 7) is 4.73. The Kier molecular flexibility index (Phi) is 6.57. The molecule has 0 aromatic heterocycles. The lowest BCUT2D eigenvalue weighted by Gasteiger charge is -2.35. The number of nitrogens with zero attached hydrogens (tertiary/aromatic N) is 2. The number of morpholine rings is 1. The summed E-state index contributed by atoms with van der Waals surface area (Å²) < 4.78 is 33.2. The molecule has 2 fully saturated rings. The molecule has 1 atom stereocenters. The Balaban J connectivity index is 1.73. The Morgan fingerprint density at radius 3 is 2.62 bits per heavy atom. The number of ether oxygens (including phenoxy) is 1. The van der Waals surface area contributed by atoms with E-state index in [-0.39, 0.29) is 11.8 Å². The minimum Gasteiger partial charge on any atom is -0.379 e. The normalized spacial score (nSPS) is 24.6. The van der Waals surface area contributed by atoms with Crippen molar-refractivity contribution in [3.63, 3.8) is 0 Å². The number of benzene rings is 1. The highest BCUT2D eigenvalue weighted by Gasteiger charge is 2.32. The van der Waals surface area contributed by atoms with E-state index in [1.54, 1.807) is 4.31 Å². The lowest BCUT2D eigenvalue weighted by molar-refractivity contribution is 0.0309. The van der Waals surface area contributed by atoms with Crippen LogP contribution in [0.15, 0.2) is 30.3 Å². The highest BCUT2D eigenvalue weighted by atomic mass is 32.2. The third-order valence-corrected chi connectivity index (χ3v) is 7.60. The molecule has 0 aliphatic carbocycles. The van der Waals surface area contributed by atoms with E-state index in [1.165, 1.54) is 0 Å². The first-order valence-electron chi connectivity index (χ1n) is 8.56. The number of sulfonamides is 1. The van der Waals surface area contributed by atoms with E-state index in [1.807, 2.05) is 42.1 Å². The van der Waals surface area contributed by atoms with Crippen LogP contribution in [0.5, 0.6) is 0 Å². The van der Waals surface area contributed by atoms with Gasteiger partial charge in [0.1, 0.15) is 0 Å². The minimum absolute atomic E-state index is 0.0595. The molecular formula is C17H26N2O3S2. The standard InChI is InChI=1S/C17H26N2O3S2/c20-24(21,15-16-5-2-1-3-6-16)19-7-4-12-23-14-17(19)13-18-8-10-22-11-9-18/h1-3,5-6,17H,4,7-15H2. The molecule has 0 radical (unpaired) electrons. The van der Waals surface area contributed by atoms with Crippen LogP contribution in [0.3, 0.4) is 0 Å². The van der Waals surface area contributed by atoms with E-state index >= 15 is 0 Å². The van der Waals surface area contributed by atoms with Crippen molar-refractivity contribution in [3.8, 4) is 0 Å². The molecular weight excluding hydrogens is 344 g/mol. The Hall–Kier alpha value is -0.600. The number of hydrogen-bond donors (Lipinski definition) is 0. The molecule has 2 aliphatic heterocycles. The molecule has 2 saturated heterocycles. The zero-order chi connectivity index (χ0) is 16.8. The van der Waals surface area contributed by atoms with Gasteiger partial charge in [-0.2, -0.15) is 16.1 Å². The van der Waals surface area contributed by atoms with Crippen molar-refractivity contribution in [1.82, 2.24) is 9.21 Å². The van der Waals surface area contributed by atoms with E-state index in [9.17, 15) is 8.42 Å². The summed E-state index contributed by atoms with van der Waals surface area (Å²) in [5.74, 6) is 2.01. The van der Waals surface area contributed by atoms with Crippen LogP contribution in [0.1, 0.15) is 12.0 Å². The van der Waals surface area contributed by atoms with Crippen LogP contribution in [-0.2, 0) is 20.5 Å². The largest absolute Gasteiger partial charge is 0.379 e. The van der Waals surface area contributed by atoms with Gasteiger partial charge in [0.2, 0.25) is 10.0 Å². The highest BCUT2D eigenvalue weighted by Crippen LogP contribution is 2.23. The number of hydrogen-bond acceptors (Lipinski definition) is 5. The van der Waals surface area contributed by atoms with Gasteiger partial charge in [-0.05, 0) is 17.7 Å². The highest BCUT2D eigenvalue weighted by molar-refractivity contribution is 7.99. The topological polar surface area (TPSA) is 49.9 Å². The van der Waals surface area contributed by atoms with E-state index in [0.717, 1.165) is 56.3 Å². The molecule has 2 aliphatic rings. The average Bonchev–Trinajstić information content (AvgIpc) is 2.82. The summed E-state index contributed by atoms with van der Waals surface area (Å²) in [5, 5.41) is 0. The van der Waals surface area contributed by atoms with E-state index in [4.69, 9.17) is 4.74 Å². The number of thioether (sulfide) groups is 1. The maximum atomic E-state index is 13.0. The van der Waals surface area contributed by atoms with Crippen LogP contribution in [0.4, 0.5) is 0 Å². The first-order chi connectivity index (χ1) is 11.6. The zero-order valence-corrected chi connectivity index (χ0v) is 15.6. The third kappa shape index (κ3) is 4.95. The predicted molar refractivity (Wildman–Crippen MR) is 98.8 cm³/mol. The number of rotatable bonds is 5. The molecule has 0 spiro atoms. The first-order valence-corrected chi connectivity index (χ1v) is 11.3. The molecule has 0 bridgehead atoms. The molecule has 1 aromatic carbocycles. The molecule has 134 valence electrons. The maximum Gasteiger partial charge on any atom is 0.218 e. The van der Waals surface area contributed by atoms with Gasteiger partial charge in [0.15, 0.2) is 0 Å². The van der Waals surface area contributed by atoms with Crippen LogP contribution >= 0.6 is 11.8 Å². The maximum absolute atomic E-state index is 13.0. The fourth-order valence-corrected chi connectivity index (χ4v) is 6.20. The van der Waals surface area contributed by atoms with Crippen molar-refractivity contribution >= 4 is 21.8 Å². The second-order valence-electron chi connectivity index (χ2n) is 6.35. The molecule has 24 heavy (non-hydrogen) atoms. The second kappa shape index (κ2) is 8.67. The summed E-state index contributed by atoms with van der Waals surface area (Å²) in [6.07, 6.45) is 0.929. The molecule has 0 N–H and O–H groups in total. The summed E-state index contributed by atoms with van der Waals surface area (Å²) >= 11 is 1.87. The lowest BCUT2D eigenvalue weighted by Crippen LogP contribution is -2.50. The average molecular weight is 371 g/mol. The SMILES string of the molecule is O=S(=O)(Cc1ccccc1)N1CCCSCC1CN1CCOCC1. The molecule has 1 unspecified atom stereocenters. The fourth-order valence-electron chi connectivity index (χ4n) is 3.27. The van der Waals surface area contributed by atoms with Gasteiger partial charge in [0.25, 0.3) is 0 Å². The first kappa shape index (κ1) is 18.2.